The average Bonchev–Trinajstić information content (AvgIpc) is 3.02. The monoisotopic (exact) mass is 483 g/mol. The first-order valence-corrected chi connectivity index (χ1v) is 11.8. The molecule has 3 amide bonds. The lowest BCUT2D eigenvalue weighted by Crippen LogP contribution is -2.43. The molecule has 1 aromatic carbocycles. The summed E-state index contributed by atoms with van der Waals surface area (Å²) in [5.74, 6) is -1.55. The predicted octanol–water partition coefficient (Wildman–Crippen LogP) is 4.30. The van der Waals surface area contributed by atoms with Gasteiger partial charge in [-0.1, -0.05) is 6.42 Å². The average molecular weight is 484 g/mol. The number of fused-ring (bicyclic) bond motifs is 2. The number of aryl methyl sites for hydroxylation is 2. The smallest absolute Gasteiger partial charge is 0.324 e. The topological polar surface area (TPSA) is 87.3 Å². The number of thiophene rings is 1. The van der Waals surface area contributed by atoms with Crippen molar-refractivity contribution < 1.29 is 27.6 Å². The Hall–Kier alpha value is -2.53. The molecule has 1 aliphatic heterocycles. The van der Waals surface area contributed by atoms with Crippen molar-refractivity contribution in [1.82, 2.24) is 10.9 Å². The molecule has 1 aromatic heterocycles. The molecule has 1 aliphatic carbocycles. The maximum atomic E-state index is 12.9. The van der Waals surface area contributed by atoms with Crippen LogP contribution in [0.15, 0.2) is 29.2 Å². The summed E-state index contributed by atoms with van der Waals surface area (Å²) in [6, 6.07) is 4.95. The Labute approximate surface area is 190 Å². The van der Waals surface area contributed by atoms with Gasteiger partial charge in [0.05, 0.1) is 21.4 Å². The van der Waals surface area contributed by atoms with Gasteiger partial charge in [0.15, 0.2) is 0 Å². The number of carbonyl (C=O) groups excluding carboxylic acids is 3. The fourth-order valence-corrected chi connectivity index (χ4v) is 5.89. The lowest BCUT2D eigenvalue weighted by Gasteiger charge is -2.24. The molecule has 1 unspecified atom stereocenters. The second-order valence-corrected chi connectivity index (χ2v) is 10.0. The van der Waals surface area contributed by atoms with Crippen LogP contribution in [0.4, 0.5) is 18.9 Å². The maximum Gasteiger partial charge on any atom is 0.416 e. The largest absolute Gasteiger partial charge is 0.416 e. The number of hydrogen-bond donors (Lipinski definition) is 3. The first-order chi connectivity index (χ1) is 15.2. The zero-order valence-corrected chi connectivity index (χ0v) is 18.4. The summed E-state index contributed by atoms with van der Waals surface area (Å²) in [5, 5.41) is 1.60. The Morgan fingerprint density at radius 2 is 1.88 bits per heavy atom. The van der Waals surface area contributed by atoms with E-state index >= 15 is 0 Å². The van der Waals surface area contributed by atoms with Crippen LogP contribution in [0.5, 0.6) is 0 Å². The van der Waals surface area contributed by atoms with Crippen molar-refractivity contribution in [3.63, 3.8) is 0 Å². The number of nitrogens with one attached hydrogen (secondary N) is 3. The van der Waals surface area contributed by atoms with Crippen LogP contribution in [0, 0.1) is 0 Å². The number of carbonyl (C=O) groups is 3. The highest BCUT2D eigenvalue weighted by molar-refractivity contribution is 8.01. The minimum absolute atomic E-state index is 0.0669. The molecule has 1 atom stereocenters. The van der Waals surface area contributed by atoms with Crippen LogP contribution in [-0.2, 0) is 28.6 Å². The van der Waals surface area contributed by atoms with Gasteiger partial charge in [0.25, 0.3) is 5.91 Å². The van der Waals surface area contributed by atoms with E-state index in [0.29, 0.717) is 9.77 Å². The fourth-order valence-electron chi connectivity index (χ4n) is 3.65. The summed E-state index contributed by atoms with van der Waals surface area (Å²) in [6.07, 6.45) is 0.541. The van der Waals surface area contributed by atoms with E-state index in [4.69, 9.17) is 0 Å². The van der Waals surface area contributed by atoms with E-state index in [9.17, 15) is 27.6 Å². The number of amides is 3. The standard InChI is InChI=1S/C21H20F3N3O3S2/c22-21(23,24)12-6-7-15-13(9-12)25-19(29)17(32-15)10-18(28)26-27-20(30)16-8-11-4-2-1-3-5-14(11)31-16/h6-9,17H,1-5,10H2,(H,25,29)(H,26,28)(H,27,30). The summed E-state index contributed by atoms with van der Waals surface area (Å²) >= 11 is 2.44. The highest BCUT2D eigenvalue weighted by Crippen LogP contribution is 2.40. The van der Waals surface area contributed by atoms with Crippen LogP contribution >= 0.6 is 23.1 Å². The molecule has 2 heterocycles. The third kappa shape index (κ3) is 5.09. The molecule has 0 saturated heterocycles. The molecule has 32 heavy (non-hydrogen) atoms. The Balaban J connectivity index is 1.32. The Morgan fingerprint density at radius 1 is 1.09 bits per heavy atom. The van der Waals surface area contributed by atoms with Gasteiger partial charge in [-0.3, -0.25) is 25.2 Å². The van der Waals surface area contributed by atoms with E-state index in [0.717, 1.165) is 49.6 Å². The minimum atomic E-state index is -4.51. The number of alkyl halides is 3. The third-order valence-corrected chi connectivity index (χ3v) is 7.79. The lowest BCUT2D eigenvalue weighted by molar-refractivity contribution is -0.137. The number of anilines is 1. The normalized spacial score (nSPS) is 18.1. The van der Waals surface area contributed by atoms with Crippen LogP contribution in [0.2, 0.25) is 0 Å². The second-order valence-electron chi connectivity index (χ2n) is 7.63. The fraction of sp³-hybridized carbons (Fsp3) is 0.381. The highest BCUT2D eigenvalue weighted by atomic mass is 32.2. The first-order valence-electron chi connectivity index (χ1n) is 10.1. The summed E-state index contributed by atoms with van der Waals surface area (Å²) in [4.78, 5) is 39.1. The van der Waals surface area contributed by atoms with Gasteiger partial charge in [-0.2, -0.15) is 13.2 Å². The van der Waals surface area contributed by atoms with Gasteiger partial charge in [0, 0.05) is 16.2 Å². The Kier molecular flexibility index (Phi) is 6.47. The van der Waals surface area contributed by atoms with Crippen LogP contribution in [0.25, 0.3) is 0 Å². The number of halogens is 3. The molecule has 0 bridgehead atoms. The molecule has 11 heteroatoms. The quantitative estimate of drug-likeness (QED) is 0.449. The molecule has 4 rings (SSSR count). The van der Waals surface area contributed by atoms with Crippen molar-refractivity contribution in [2.75, 3.05) is 5.32 Å². The number of hydrogen-bond acceptors (Lipinski definition) is 5. The summed E-state index contributed by atoms with van der Waals surface area (Å²) in [5.41, 5.74) is 5.09. The highest BCUT2D eigenvalue weighted by Gasteiger charge is 2.34. The van der Waals surface area contributed by atoms with Crippen molar-refractivity contribution in [3.8, 4) is 0 Å². The molecular weight excluding hydrogens is 463 g/mol. The van der Waals surface area contributed by atoms with E-state index in [1.54, 1.807) is 0 Å². The summed E-state index contributed by atoms with van der Waals surface area (Å²) < 4.78 is 38.6. The Morgan fingerprint density at radius 3 is 2.66 bits per heavy atom. The third-order valence-electron chi connectivity index (χ3n) is 5.28. The van der Waals surface area contributed by atoms with Crippen LogP contribution in [0.1, 0.15) is 51.4 Å². The van der Waals surface area contributed by atoms with E-state index in [-0.39, 0.29) is 12.1 Å². The van der Waals surface area contributed by atoms with E-state index in [1.807, 2.05) is 6.07 Å². The predicted molar refractivity (Wildman–Crippen MR) is 116 cm³/mol. The SMILES string of the molecule is O=C(CC1Sc2ccc(C(F)(F)F)cc2NC1=O)NNC(=O)c1cc2c(s1)CCCCC2. The molecule has 2 aromatic rings. The molecule has 6 nitrogen and oxygen atoms in total. The van der Waals surface area contributed by atoms with Gasteiger partial charge in [-0.15, -0.1) is 23.1 Å². The Bertz CT molecular complexity index is 1040. The zero-order valence-electron chi connectivity index (χ0n) is 16.8. The van der Waals surface area contributed by atoms with Crippen LogP contribution < -0.4 is 16.2 Å². The van der Waals surface area contributed by atoms with Crippen LogP contribution in [0.3, 0.4) is 0 Å². The molecule has 3 N–H and O–H groups in total. The maximum absolute atomic E-state index is 12.9. The van der Waals surface area contributed by atoms with Gasteiger partial charge in [-0.25, -0.2) is 0 Å². The molecule has 0 spiro atoms. The molecule has 0 fully saturated rings. The van der Waals surface area contributed by atoms with E-state index in [1.165, 1.54) is 34.3 Å². The summed E-state index contributed by atoms with van der Waals surface area (Å²) in [6.45, 7) is 0. The number of thioether (sulfide) groups is 1. The van der Waals surface area contributed by atoms with Gasteiger partial charge in [-0.05, 0) is 55.5 Å². The molecule has 0 radical (unpaired) electrons. The van der Waals surface area contributed by atoms with Crippen LogP contribution in [-0.4, -0.2) is 23.0 Å². The molecule has 2 aliphatic rings. The van der Waals surface area contributed by atoms with Crippen molar-refractivity contribution in [2.24, 2.45) is 0 Å². The van der Waals surface area contributed by atoms with Gasteiger partial charge >= 0.3 is 6.18 Å². The van der Waals surface area contributed by atoms with E-state index in [2.05, 4.69) is 16.2 Å². The molecule has 170 valence electrons. The van der Waals surface area contributed by atoms with Crippen molar-refractivity contribution in [3.05, 3.63) is 45.1 Å². The van der Waals surface area contributed by atoms with Gasteiger partial charge in [0.2, 0.25) is 11.8 Å². The second kappa shape index (κ2) is 9.14. The first kappa shape index (κ1) is 22.7. The summed E-state index contributed by atoms with van der Waals surface area (Å²) in [7, 11) is 0. The molecular formula is C21H20F3N3O3S2. The van der Waals surface area contributed by atoms with Crippen molar-refractivity contribution in [1.29, 1.82) is 0 Å². The zero-order chi connectivity index (χ0) is 22.9. The molecule has 0 saturated carbocycles. The number of benzene rings is 1. The lowest BCUT2D eigenvalue weighted by atomic mass is 10.1. The van der Waals surface area contributed by atoms with Crippen molar-refractivity contribution in [2.45, 2.75) is 54.8 Å². The van der Waals surface area contributed by atoms with Gasteiger partial charge in [0.1, 0.15) is 0 Å². The number of rotatable bonds is 3. The van der Waals surface area contributed by atoms with Gasteiger partial charge < -0.3 is 5.32 Å². The van der Waals surface area contributed by atoms with E-state index < -0.39 is 34.7 Å². The minimum Gasteiger partial charge on any atom is -0.324 e. The number of hydrazine groups is 1. The van der Waals surface area contributed by atoms with Crippen molar-refractivity contribution >= 4 is 46.5 Å².